The molecule has 1 saturated heterocycles. The molecule has 0 N–H and O–H groups in total. The van der Waals surface area contributed by atoms with Crippen LogP contribution in [0.4, 0.5) is 15.1 Å². The largest absolute Gasteiger partial charge is 0.464 e. The SMILES string of the molecule is Bc1cc(F)cc(C2CC=NN2C(=O)N2CCN(c3nccc(C(=O)OC)n3)CC2)c1. The molecule has 0 spiro atoms. The summed E-state index contributed by atoms with van der Waals surface area (Å²) in [5.74, 6) is -0.428. The molecule has 0 saturated carbocycles. The van der Waals surface area contributed by atoms with Crippen LogP contribution in [-0.2, 0) is 4.74 Å². The van der Waals surface area contributed by atoms with Crippen LogP contribution >= 0.6 is 0 Å². The highest BCUT2D eigenvalue weighted by atomic mass is 19.1. The summed E-state index contributed by atoms with van der Waals surface area (Å²) < 4.78 is 18.6. The van der Waals surface area contributed by atoms with E-state index in [1.165, 1.54) is 36.5 Å². The Morgan fingerprint density at radius 1 is 1.19 bits per heavy atom. The number of carbonyl (C=O) groups is 2. The zero-order chi connectivity index (χ0) is 22.0. The molecule has 1 aromatic carbocycles. The van der Waals surface area contributed by atoms with Crippen molar-refractivity contribution in [3.8, 4) is 0 Å². The molecule has 3 heterocycles. The van der Waals surface area contributed by atoms with E-state index in [2.05, 4.69) is 15.1 Å². The van der Waals surface area contributed by atoms with Gasteiger partial charge >= 0.3 is 12.0 Å². The number of anilines is 1. The van der Waals surface area contributed by atoms with Gasteiger partial charge in [-0.3, -0.25) is 0 Å². The van der Waals surface area contributed by atoms with E-state index in [1.807, 2.05) is 18.8 Å². The minimum atomic E-state index is -0.525. The highest BCUT2D eigenvalue weighted by Gasteiger charge is 2.33. The summed E-state index contributed by atoms with van der Waals surface area (Å²) in [4.78, 5) is 36.9. The first-order valence-corrected chi connectivity index (χ1v) is 10.00. The van der Waals surface area contributed by atoms with Gasteiger partial charge in [0.05, 0.1) is 13.2 Å². The van der Waals surface area contributed by atoms with E-state index < -0.39 is 5.97 Å². The molecule has 4 rings (SSSR count). The predicted octanol–water partition coefficient (Wildman–Crippen LogP) is 0.335. The number of aromatic nitrogens is 2. The molecule has 2 aromatic rings. The molecule has 160 valence electrons. The summed E-state index contributed by atoms with van der Waals surface area (Å²) >= 11 is 0. The minimum absolute atomic E-state index is 0.186. The van der Waals surface area contributed by atoms with E-state index in [1.54, 1.807) is 11.1 Å². The topological polar surface area (TPSA) is 91.2 Å². The van der Waals surface area contributed by atoms with Gasteiger partial charge in [0, 0.05) is 45.0 Å². The lowest BCUT2D eigenvalue weighted by Crippen LogP contribution is -2.52. The maximum absolute atomic E-state index is 13.9. The van der Waals surface area contributed by atoms with Crippen molar-refractivity contribution in [2.75, 3.05) is 38.2 Å². The molecule has 1 unspecified atom stereocenters. The number of hydrazone groups is 1. The van der Waals surface area contributed by atoms with Gasteiger partial charge in [-0.2, -0.15) is 5.10 Å². The molecule has 2 amide bonds. The molecule has 9 nitrogen and oxygen atoms in total. The number of ether oxygens (including phenoxy) is 1. The van der Waals surface area contributed by atoms with Gasteiger partial charge in [-0.05, 0) is 23.8 Å². The summed E-state index contributed by atoms with van der Waals surface area (Å²) in [6.45, 7) is 1.92. The van der Waals surface area contributed by atoms with Crippen molar-refractivity contribution >= 4 is 37.5 Å². The van der Waals surface area contributed by atoms with Crippen molar-refractivity contribution in [1.29, 1.82) is 0 Å². The molecule has 1 fully saturated rings. The van der Waals surface area contributed by atoms with Gasteiger partial charge < -0.3 is 14.5 Å². The Morgan fingerprint density at radius 2 is 1.97 bits per heavy atom. The van der Waals surface area contributed by atoms with Gasteiger partial charge in [0.25, 0.3) is 0 Å². The lowest BCUT2D eigenvalue weighted by atomic mass is 9.91. The maximum Gasteiger partial charge on any atom is 0.356 e. The third kappa shape index (κ3) is 4.35. The van der Waals surface area contributed by atoms with Crippen LogP contribution in [0.1, 0.15) is 28.5 Å². The first-order valence-electron chi connectivity index (χ1n) is 10.00. The zero-order valence-electron chi connectivity index (χ0n) is 17.4. The fraction of sp³-hybridized carbons (Fsp3) is 0.350. The number of benzene rings is 1. The average Bonchev–Trinajstić information content (AvgIpc) is 3.27. The number of urea groups is 1. The number of nitrogens with zero attached hydrogens (tertiary/aromatic N) is 6. The maximum atomic E-state index is 13.9. The molecular formula is C20H22BFN6O3. The third-order valence-electron chi connectivity index (χ3n) is 5.35. The molecule has 11 heteroatoms. The van der Waals surface area contributed by atoms with Gasteiger partial charge in [0.2, 0.25) is 5.95 Å². The Kier molecular flexibility index (Phi) is 5.83. The summed E-state index contributed by atoms with van der Waals surface area (Å²) in [5, 5.41) is 5.68. The number of hydrogen-bond acceptors (Lipinski definition) is 7. The molecule has 31 heavy (non-hydrogen) atoms. The fourth-order valence-corrected chi connectivity index (χ4v) is 3.79. The monoisotopic (exact) mass is 424 g/mol. The van der Waals surface area contributed by atoms with Crippen LogP contribution in [0, 0.1) is 5.82 Å². The van der Waals surface area contributed by atoms with Crippen molar-refractivity contribution in [1.82, 2.24) is 19.9 Å². The molecule has 1 aromatic heterocycles. The second kappa shape index (κ2) is 8.70. The van der Waals surface area contributed by atoms with Crippen LogP contribution in [-0.4, -0.2) is 79.2 Å². The van der Waals surface area contributed by atoms with Crippen LogP contribution in [0.3, 0.4) is 0 Å². The van der Waals surface area contributed by atoms with E-state index in [9.17, 15) is 14.0 Å². The summed E-state index contributed by atoms with van der Waals surface area (Å²) in [6.07, 6.45) is 3.74. The van der Waals surface area contributed by atoms with E-state index in [0.29, 0.717) is 38.5 Å². The number of hydrogen-bond donors (Lipinski definition) is 0. The number of methoxy groups -OCH3 is 1. The summed E-state index contributed by atoms with van der Waals surface area (Å²) in [6, 6.07) is 5.75. The molecule has 1 atom stereocenters. The Labute approximate surface area is 179 Å². The predicted molar refractivity (Wildman–Crippen MR) is 115 cm³/mol. The quantitative estimate of drug-likeness (QED) is 0.521. The molecular weight excluding hydrogens is 402 g/mol. The van der Waals surface area contributed by atoms with E-state index in [0.717, 1.165) is 11.0 Å². The second-order valence-corrected chi connectivity index (χ2v) is 7.45. The highest BCUT2D eigenvalue weighted by Crippen LogP contribution is 2.29. The number of carbonyl (C=O) groups excluding carboxylic acids is 2. The highest BCUT2D eigenvalue weighted by molar-refractivity contribution is 6.32. The summed E-state index contributed by atoms with van der Waals surface area (Å²) in [5.41, 5.74) is 1.72. The van der Waals surface area contributed by atoms with Crippen molar-refractivity contribution in [2.45, 2.75) is 12.5 Å². The van der Waals surface area contributed by atoms with Gasteiger partial charge in [0.15, 0.2) is 5.69 Å². The number of piperazine rings is 1. The fourth-order valence-electron chi connectivity index (χ4n) is 3.79. The molecule has 0 aliphatic carbocycles. The van der Waals surface area contributed by atoms with Crippen LogP contribution in [0.5, 0.6) is 0 Å². The van der Waals surface area contributed by atoms with Gasteiger partial charge in [-0.25, -0.2) is 29.0 Å². The van der Waals surface area contributed by atoms with E-state index in [-0.39, 0.29) is 23.6 Å². The number of rotatable bonds is 3. The lowest BCUT2D eigenvalue weighted by molar-refractivity contribution is 0.0594. The summed E-state index contributed by atoms with van der Waals surface area (Å²) in [7, 11) is 3.12. The first kappa shape index (κ1) is 20.8. The Hall–Kier alpha value is -3.50. The standard InChI is InChI=1S/C20H22BFN6O3/c1-31-18(29)16-2-4-23-19(25-16)26-6-8-27(9-7-26)20(30)28-17(3-5-24-28)13-10-14(21)12-15(22)11-13/h2,4-5,10-12,17H,3,6-9,21H2,1H3. The zero-order valence-corrected chi connectivity index (χ0v) is 17.4. The Bertz CT molecular complexity index is 1010. The average molecular weight is 424 g/mol. The van der Waals surface area contributed by atoms with Crippen molar-refractivity contribution < 1.29 is 18.7 Å². The first-order chi connectivity index (χ1) is 15.0. The third-order valence-corrected chi connectivity index (χ3v) is 5.35. The second-order valence-electron chi connectivity index (χ2n) is 7.45. The van der Waals surface area contributed by atoms with Crippen LogP contribution in [0.2, 0.25) is 0 Å². The van der Waals surface area contributed by atoms with Gasteiger partial charge in [0.1, 0.15) is 13.7 Å². The van der Waals surface area contributed by atoms with Crippen molar-refractivity contribution in [3.05, 3.63) is 47.5 Å². The van der Waals surface area contributed by atoms with Crippen LogP contribution < -0.4 is 10.4 Å². The normalized spacial score (nSPS) is 18.4. The molecule has 0 radical (unpaired) electrons. The van der Waals surface area contributed by atoms with Crippen LogP contribution in [0.25, 0.3) is 0 Å². The van der Waals surface area contributed by atoms with E-state index in [4.69, 9.17) is 4.74 Å². The minimum Gasteiger partial charge on any atom is -0.464 e. The van der Waals surface area contributed by atoms with E-state index >= 15 is 0 Å². The molecule has 0 bridgehead atoms. The number of esters is 1. The van der Waals surface area contributed by atoms with Crippen molar-refractivity contribution in [2.24, 2.45) is 5.10 Å². The molecule has 2 aliphatic rings. The lowest BCUT2D eigenvalue weighted by Gasteiger charge is -2.37. The number of halogens is 1. The number of amides is 2. The van der Waals surface area contributed by atoms with Crippen molar-refractivity contribution in [3.63, 3.8) is 0 Å². The van der Waals surface area contributed by atoms with Gasteiger partial charge in [-0.1, -0.05) is 11.5 Å². The van der Waals surface area contributed by atoms with Gasteiger partial charge in [-0.15, -0.1) is 0 Å². The Balaban J connectivity index is 1.42. The Morgan fingerprint density at radius 3 is 2.68 bits per heavy atom. The van der Waals surface area contributed by atoms with Crippen LogP contribution in [0.15, 0.2) is 35.6 Å². The molecule has 2 aliphatic heterocycles. The smallest absolute Gasteiger partial charge is 0.356 e.